The highest BCUT2D eigenvalue weighted by molar-refractivity contribution is 7.93. The van der Waals surface area contributed by atoms with Crippen molar-refractivity contribution in [3.05, 3.63) is 46.2 Å². The first-order valence-corrected chi connectivity index (χ1v) is 8.04. The van der Waals surface area contributed by atoms with Crippen LogP contribution in [0.1, 0.15) is 14.5 Å². The number of benzene rings is 1. The van der Waals surface area contributed by atoms with Crippen LogP contribution in [0.3, 0.4) is 0 Å². The molecule has 0 unspecified atom stereocenters. The third kappa shape index (κ3) is 2.54. The first-order valence-electron chi connectivity index (χ1n) is 5.78. The predicted molar refractivity (Wildman–Crippen MR) is 79.6 cm³/mol. The molecule has 20 heavy (non-hydrogen) atoms. The van der Waals surface area contributed by atoms with Crippen molar-refractivity contribution in [3.63, 3.8) is 0 Å². The Morgan fingerprint density at radius 2 is 1.85 bits per heavy atom. The molecule has 2 rings (SSSR count). The lowest BCUT2D eigenvalue weighted by molar-refractivity contribution is 0.100. The van der Waals surface area contributed by atoms with E-state index in [2.05, 4.69) is 0 Å². The predicted octanol–water partition coefficient (Wildman–Crippen LogP) is 1.98. The molecule has 0 saturated heterocycles. The van der Waals surface area contributed by atoms with Crippen molar-refractivity contribution >= 4 is 33.0 Å². The Labute approximate surface area is 121 Å². The first-order chi connectivity index (χ1) is 9.34. The second kappa shape index (κ2) is 5.26. The number of aryl methyl sites for hydroxylation is 1. The summed E-state index contributed by atoms with van der Waals surface area (Å²) in [6.45, 7) is 1.66. The van der Waals surface area contributed by atoms with Gasteiger partial charge in [0.25, 0.3) is 15.9 Å². The minimum absolute atomic E-state index is 0.114. The maximum absolute atomic E-state index is 12.6. The van der Waals surface area contributed by atoms with Crippen molar-refractivity contribution in [3.8, 4) is 0 Å². The van der Waals surface area contributed by atoms with Gasteiger partial charge in [-0.3, -0.25) is 9.10 Å². The number of amides is 1. The minimum atomic E-state index is -3.70. The van der Waals surface area contributed by atoms with E-state index in [1.807, 2.05) is 6.07 Å². The number of para-hydroxylation sites is 1. The van der Waals surface area contributed by atoms with Crippen LogP contribution in [0.15, 0.2) is 41.3 Å². The van der Waals surface area contributed by atoms with Crippen LogP contribution >= 0.6 is 11.3 Å². The molecule has 0 spiro atoms. The molecule has 1 amide bonds. The smallest absolute Gasteiger partial charge is 0.265 e. The molecule has 2 N–H and O–H groups in total. The second-order valence-electron chi connectivity index (χ2n) is 4.20. The summed E-state index contributed by atoms with van der Waals surface area (Å²) in [6.07, 6.45) is 0. The summed E-state index contributed by atoms with van der Waals surface area (Å²) in [5.41, 5.74) is 5.74. The number of rotatable bonds is 4. The van der Waals surface area contributed by atoms with Crippen molar-refractivity contribution in [2.24, 2.45) is 5.73 Å². The lowest BCUT2D eigenvalue weighted by atomic mass is 10.3. The van der Waals surface area contributed by atoms with E-state index in [1.165, 1.54) is 17.4 Å². The molecule has 5 nitrogen and oxygen atoms in total. The van der Waals surface area contributed by atoms with Crippen LogP contribution in [0.25, 0.3) is 0 Å². The molecular formula is C13H14N2O3S2. The standard InChI is InChI=1S/C13H14N2O3S2/c1-9-12(8-11(19-9)13(14)16)20(17,18)15(2)10-6-4-3-5-7-10/h3-8H,1-2H3,(H2,14,16). The molecule has 0 bridgehead atoms. The Morgan fingerprint density at radius 3 is 2.35 bits per heavy atom. The molecule has 0 fully saturated rings. The highest BCUT2D eigenvalue weighted by Gasteiger charge is 2.26. The van der Waals surface area contributed by atoms with E-state index in [-0.39, 0.29) is 9.77 Å². The zero-order valence-corrected chi connectivity index (χ0v) is 12.7. The zero-order chi connectivity index (χ0) is 14.9. The zero-order valence-electron chi connectivity index (χ0n) is 11.0. The van der Waals surface area contributed by atoms with Crippen LogP contribution in [-0.2, 0) is 10.0 Å². The fraction of sp³-hybridized carbons (Fsp3) is 0.154. The summed E-state index contributed by atoms with van der Waals surface area (Å²) in [5, 5.41) is 0. The van der Waals surface area contributed by atoms with E-state index in [1.54, 1.807) is 31.2 Å². The highest BCUT2D eigenvalue weighted by Crippen LogP contribution is 2.29. The Bertz CT molecular complexity index is 736. The summed E-state index contributed by atoms with van der Waals surface area (Å²) in [4.78, 5) is 12.1. The number of anilines is 1. The normalized spacial score (nSPS) is 11.3. The summed E-state index contributed by atoms with van der Waals surface area (Å²) in [7, 11) is -2.22. The molecule has 1 aromatic heterocycles. The fourth-order valence-electron chi connectivity index (χ4n) is 1.77. The van der Waals surface area contributed by atoms with Gasteiger partial charge in [0.05, 0.1) is 10.6 Å². The van der Waals surface area contributed by atoms with Crippen molar-refractivity contribution < 1.29 is 13.2 Å². The molecule has 7 heteroatoms. The monoisotopic (exact) mass is 310 g/mol. The van der Waals surface area contributed by atoms with Crippen molar-refractivity contribution in [1.29, 1.82) is 0 Å². The lowest BCUT2D eigenvalue weighted by Gasteiger charge is -2.19. The van der Waals surface area contributed by atoms with E-state index < -0.39 is 15.9 Å². The molecule has 106 valence electrons. The van der Waals surface area contributed by atoms with Crippen LogP contribution in [-0.4, -0.2) is 21.4 Å². The van der Waals surface area contributed by atoms with Crippen LogP contribution in [0.5, 0.6) is 0 Å². The van der Waals surface area contributed by atoms with Crippen molar-refractivity contribution in [2.75, 3.05) is 11.4 Å². The van der Waals surface area contributed by atoms with Gasteiger partial charge in [-0.1, -0.05) is 18.2 Å². The maximum atomic E-state index is 12.6. The van der Waals surface area contributed by atoms with Crippen molar-refractivity contribution in [1.82, 2.24) is 0 Å². The molecule has 0 saturated carbocycles. The van der Waals surface area contributed by atoms with Gasteiger partial charge in [0.15, 0.2) is 0 Å². The fourth-order valence-corrected chi connectivity index (χ4v) is 4.37. The average molecular weight is 310 g/mol. The van der Waals surface area contributed by atoms with Gasteiger partial charge in [0, 0.05) is 11.9 Å². The number of hydrogen-bond acceptors (Lipinski definition) is 4. The van der Waals surface area contributed by atoms with Crippen LogP contribution < -0.4 is 10.0 Å². The van der Waals surface area contributed by atoms with E-state index in [0.29, 0.717) is 10.6 Å². The number of thiophene rings is 1. The number of hydrogen-bond donors (Lipinski definition) is 1. The summed E-state index contributed by atoms with van der Waals surface area (Å²) >= 11 is 1.08. The Morgan fingerprint density at radius 1 is 1.25 bits per heavy atom. The molecule has 1 aromatic carbocycles. The highest BCUT2D eigenvalue weighted by atomic mass is 32.2. The number of carbonyl (C=O) groups is 1. The molecule has 0 aliphatic rings. The SMILES string of the molecule is Cc1sc(C(N)=O)cc1S(=O)(=O)N(C)c1ccccc1. The molecule has 0 radical (unpaired) electrons. The molecule has 0 aliphatic carbocycles. The van der Waals surface area contributed by atoms with Crippen LogP contribution in [0.4, 0.5) is 5.69 Å². The van der Waals surface area contributed by atoms with Gasteiger partial charge in [-0.05, 0) is 25.1 Å². The van der Waals surface area contributed by atoms with Gasteiger partial charge in [-0.2, -0.15) is 0 Å². The molecule has 2 aromatic rings. The third-order valence-corrected chi connectivity index (χ3v) is 5.98. The van der Waals surface area contributed by atoms with E-state index in [9.17, 15) is 13.2 Å². The van der Waals surface area contributed by atoms with E-state index in [0.717, 1.165) is 11.3 Å². The molecule has 0 atom stereocenters. The lowest BCUT2D eigenvalue weighted by Crippen LogP contribution is -2.26. The summed E-state index contributed by atoms with van der Waals surface area (Å²) in [6, 6.07) is 10.1. The topological polar surface area (TPSA) is 80.5 Å². The number of sulfonamides is 1. The van der Waals surface area contributed by atoms with Gasteiger partial charge in [0.1, 0.15) is 4.90 Å². The minimum Gasteiger partial charge on any atom is -0.365 e. The average Bonchev–Trinajstić information content (AvgIpc) is 2.82. The maximum Gasteiger partial charge on any atom is 0.265 e. The van der Waals surface area contributed by atoms with Crippen LogP contribution in [0.2, 0.25) is 0 Å². The van der Waals surface area contributed by atoms with E-state index >= 15 is 0 Å². The Hall–Kier alpha value is -1.86. The summed E-state index contributed by atoms with van der Waals surface area (Å²) in [5.74, 6) is -0.623. The van der Waals surface area contributed by atoms with Gasteiger partial charge in [-0.15, -0.1) is 11.3 Å². The van der Waals surface area contributed by atoms with Gasteiger partial charge in [0.2, 0.25) is 0 Å². The third-order valence-electron chi connectivity index (χ3n) is 2.87. The van der Waals surface area contributed by atoms with Gasteiger partial charge >= 0.3 is 0 Å². The van der Waals surface area contributed by atoms with Gasteiger partial charge in [-0.25, -0.2) is 8.42 Å². The molecular weight excluding hydrogens is 296 g/mol. The largest absolute Gasteiger partial charge is 0.365 e. The molecule has 1 heterocycles. The number of nitrogens with two attached hydrogens (primary N) is 1. The Kier molecular flexibility index (Phi) is 3.82. The molecule has 0 aliphatic heterocycles. The summed E-state index contributed by atoms with van der Waals surface area (Å²) < 4.78 is 26.3. The quantitative estimate of drug-likeness (QED) is 0.937. The number of nitrogens with zero attached hydrogens (tertiary/aromatic N) is 1. The number of carbonyl (C=O) groups excluding carboxylic acids is 1. The number of primary amides is 1. The Balaban J connectivity index is 2.48. The van der Waals surface area contributed by atoms with Gasteiger partial charge < -0.3 is 5.73 Å². The van der Waals surface area contributed by atoms with Crippen LogP contribution in [0, 0.1) is 6.92 Å². The second-order valence-corrected chi connectivity index (χ2v) is 7.40. The first kappa shape index (κ1) is 14.5. The van der Waals surface area contributed by atoms with E-state index in [4.69, 9.17) is 5.73 Å². The van der Waals surface area contributed by atoms with Crippen molar-refractivity contribution in [2.45, 2.75) is 11.8 Å².